The first-order valence-electron chi connectivity index (χ1n) is 9.49. The average molecular weight is 366 g/mol. The van der Waals surface area contributed by atoms with Crippen molar-refractivity contribution in [3.05, 3.63) is 0 Å². The van der Waals surface area contributed by atoms with Crippen molar-refractivity contribution < 1.29 is 28.4 Å². The highest BCUT2D eigenvalue weighted by Gasteiger charge is 2.51. The minimum Gasteiger partial charge on any atom is -0.372 e. The zero-order valence-corrected chi connectivity index (χ0v) is 17.3. The molecule has 0 saturated heterocycles. The van der Waals surface area contributed by atoms with E-state index in [-0.39, 0.29) is 0 Å². The number of rotatable bonds is 16. The van der Waals surface area contributed by atoms with Crippen molar-refractivity contribution in [2.24, 2.45) is 0 Å². The van der Waals surface area contributed by atoms with Gasteiger partial charge in [-0.05, 0) is 55.4 Å². The number of hydrogen-bond donors (Lipinski definition) is 1. The van der Waals surface area contributed by atoms with Gasteiger partial charge in [-0.2, -0.15) is 0 Å². The summed E-state index contributed by atoms with van der Waals surface area (Å²) in [5, 5.41) is 3.32. The van der Waals surface area contributed by atoms with Crippen molar-refractivity contribution in [1.29, 1.82) is 0 Å². The lowest BCUT2D eigenvalue weighted by Gasteiger charge is -2.47. The minimum atomic E-state index is -1.23. The molecule has 0 heterocycles. The Labute approximate surface area is 153 Å². The fraction of sp³-hybridized carbons (Fsp3) is 1.00. The van der Waals surface area contributed by atoms with Crippen molar-refractivity contribution in [3.8, 4) is 0 Å². The van der Waals surface area contributed by atoms with E-state index in [1.165, 1.54) is 0 Å². The van der Waals surface area contributed by atoms with E-state index in [4.69, 9.17) is 28.4 Å². The number of nitrogens with one attached hydrogen (secondary N) is 1. The Hall–Kier alpha value is -0.280. The summed E-state index contributed by atoms with van der Waals surface area (Å²) in [5.74, 6) is -2.45. The van der Waals surface area contributed by atoms with Gasteiger partial charge in [0, 0.05) is 39.6 Å². The topological polar surface area (TPSA) is 67.4 Å². The lowest BCUT2D eigenvalue weighted by Crippen LogP contribution is -2.71. The molecule has 0 fully saturated rings. The molecule has 2 atom stereocenters. The first-order chi connectivity index (χ1) is 11.9. The lowest BCUT2D eigenvalue weighted by molar-refractivity contribution is -0.383. The molecule has 7 nitrogen and oxygen atoms in total. The maximum Gasteiger partial charge on any atom is 0.259 e. The van der Waals surface area contributed by atoms with Gasteiger partial charge in [-0.3, -0.25) is 0 Å². The zero-order chi connectivity index (χ0) is 19.3. The van der Waals surface area contributed by atoms with E-state index in [1.54, 1.807) is 0 Å². The molecule has 0 bridgehead atoms. The van der Waals surface area contributed by atoms with Gasteiger partial charge in [0.1, 0.15) is 12.2 Å². The average Bonchev–Trinajstić information content (AvgIpc) is 2.56. The molecular formula is C18H39NO6. The number of ether oxygens (including phenoxy) is 6. The van der Waals surface area contributed by atoms with Crippen LogP contribution in [0.25, 0.3) is 0 Å². The normalized spacial score (nSPS) is 15.4. The molecule has 7 heteroatoms. The summed E-state index contributed by atoms with van der Waals surface area (Å²) in [6, 6.07) is 0. The van der Waals surface area contributed by atoms with E-state index < -0.39 is 24.0 Å². The minimum absolute atomic E-state index is 0.397. The van der Waals surface area contributed by atoms with Crippen molar-refractivity contribution in [2.75, 3.05) is 39.6 Å². The van der Waals surface area contributed by atoms with Gasteiger partial charge in [0.2, 0.25) is 0 Å². The first kappa shape index (κ1) is 24.7. The largest absolute Gasteiger partial charge is 0.372 e. The quantitative estimate of drug-likeness (QED) is 0.422. The van der Waals surface area contributed by atoms with Crippen LogP contribution in [-0.2, 0) is 28.4 Å². The Bertz CT molecular complexity index is 287. The fourth-order valence-corrected chi connectivity index (χ4v) is 2.72. The molecule has 0 saturated carbocycles. The van der Waals surface area contributed by atoms with Crippen LogP contribution in [0.5, 0.6) is 0 Å². The molecule has 0 aromatic rings. The summed E-state index contributed by atoms with van der Waals surface area (Å²) in [7, 11) is 0. The van der Waals surface area contributed by atoms with Crippen molar-refractivity contribution in [1.82, 2.24) is 5.32 Å². The summed E-state index contributed by atoms with van der Waals surface area (Å²) >= 11 is 0. The van der Waals surface area contributed by atoms with Gasteiger partial charge < -0.3 is 28.4 Å². The Morgan fingerprint density at radius 2 is 0.840 bits per heavy atom. The predicted octanol–water partition coefficient (Wildman–Crippen LogP) is 2.88. The van der Waals surface area contributed by atoms with E-state index in [9.17, 15) is 0 Å². The van der Waals surface area contributed by atoms with Gasteiger partial charge in [0.15, 0.2) is 0 Å². The highest BCUT2D eigenvalue weighted by molar-refractivity contribution is 4.85. The maximum atomic E-state index is 5.99. The van der Waals surface area contributed by atoms with Gasteiger partial charge in [-0.15, -0.1) is 0 Å². The van der Waals surface area contributed by atoms with Crippen molar-refractivity contribution >= 4 is 0 Å². The molecule has 0 aromatic heterocycles. The lowest BCUT2D eigenvalue weighted by atomic mass is 10.2. The molecule has 0 aliphatic carbocycles. The smallest absolute Gasteiger partial charge is 0.259 e. The van der Waals surface area contributed by atoms with Crippen molar-refractivity contribution in [2.45, 2.75) is 79.4 Å². The molecule has 0 rings (SSSR count). The van der Waals surface area contributed by atoms with Crippen LogP contribution < -0.4 is 5.32 Å². The Balaban J connectivity index is 5.88. The standard InChI is InChI=1S/C18H39NO6/c1-9-20-15(7)17(22-11-3,23-12-4)19-18(24-13-5,25-14-6)16(8)21-10-2/h15-16,19H,9-14H2,1-8H3. The van der Waals surface area contributed by atoms with E-state index in [1.807, 2.05) is 55.4 Å². The second-order valence-corrected chi connectivity index (χ2v) is 5.39. The van der Waals surface area contributed by atoms with Crippen molar-refractivity contribution in [3.63, 3.8) is 0 Å². The first-order valence-corrected chi connectivity index (χ1v) is 9.49. The van der Waals surface area contributed by atoms with Crippen LogP contribution in [0.1, 0.15) is 55.4 Å². The molecule has 0 spiro atoms. The molecule has 1 N–H and O–H groups in total. The van der Waals surface area contributed by atoms with E-state index in [0.29, 0.717) is 39.6 Å². The molecular weight excluding hydrogens is 326 g/mol. The molecule has 2 unspecified atom stereocenters. The molecule has 152 valence electrons. The summed E-state index contributed by atoms with van der Waals surface area (Å²) in [4.78, 5) is 0. The third-order valence-corrected chi connectivity index (χ3v) is 3.69. The summed E-state index contributed by atoms with van der Waals surface area (Å²) in [6.45, 7) is 18.1. The Morgan fingerprint density at radius 3 is 1.04 bits per heavy atom. The van der Waals surface area contributed by atoms with E-state index in [0.717, 1.165) is 0 Å². The monoisotopic (exact) mass is 365 g/mol. The second kappa shape index (κ2) is 13.0. The van der Waals surface area contributed by atoms with Gasteiger partial charge in [0.05, 0.1) is 0 Å². The van der Waals surface area contributed by atoms with Gasteiger partial charge in [0.25, 0.3) is 11.8 Å². The molecule has 0 aliphatic rings. The molecule has 0 aromatic carbocycles. The third-order valence-electron chi connectivity index (χ3n) is 3.69. The number of hydrogen-bond acceptors (Lipinski definition) is 7. The Kier molecular flexibility index (Phi) is 12.8. The zero-order valence-electron chi connectivity index (χ0n) is 17.3. The fourth-order valence-electron chi connectivity index (χ4n) is 2.72. The highest BCUT2D eigenvalue weighted by Crippen LogP contribution is 2.27. The van der Waals surface area contributed by atoms with E-state index >= 15 is 0 Å². The highest BCUT2D eigenvalue weighted by atomic mass is 16.8. The van der Waals surface area contributed by atoms with Gasteiger partial charge in [-0.1, -0.05) is 0 Å². The van der Waals surface area contributed by atoms with Gasteiger partial charge >= 0.3 is 0 Å². The Morgan fingerprint density at radius 1 is 0.560 bits per heavy atom. The van der Waals surface area contributed by atoms with Crippen LogP contribution in [0.3, 0.4) is 0 Å². The second-order valence-electron chi connectivity index (χ2n) is 5.39. The van der Waals surface area contributed by atoms with Crippen LogP contribution in [0.2, 0.25) is 0 Å². The van der Waals surface area contributed by atoms with Gasteiger partial charge in [-0.25, -0.2) is 5.32 Å². The molecule has 0 radical (unpaired) electrons. The van der Waals surface area contributed by atoms with Crippen LogP contribution >= 0.6 is 0 Å². The summed E-state index contributed by atoms with van der Waals surface area (Å²) in [5.41, 5.74) is 0. The van der Waals surface area contributed by atoms with E-state index in [2.05, 4.69) is 5.32 Å². The van der Waals surface area contributed by atoms with Crippen LogP contribution in [-0.4, -0.2) is 63.7 Å². The molecule has 25 heavy (non-hydrogen) atoms. The molecule has 0 amide bonds. The third kappa shape index (κ3) is 7.09. The van der Waals surface area contributed by atoms with Crippen LogP contribution in [0.4, 0.5) is 0 Å². The van der Waals surface area contributed by atoms with Crippen LogP contribution in [0.15, 0.2) is 0 Å². The maximum absolute atomic E-state index is 5.99. The van der Waals surface area contributed by atoms with Crippen LogP contribution in [0, 0.1) is 0 Å². The summed E-state index contributed by atoms with van der Waals surface area (Å²) in [6.07, 6.45) is -0.793. The predicted molar refractivity (Wildman–Crippen MR) is 97.3 cm³/mol. The summed E-state index contributed by atoms with van der Waals surface area (Å²) < 4.78 is 35.5. The SMILES string of the molecule is CCOC(C)C(NC(OCC)(OCC)C(C)OCC)(OCC)OCC. The molecule has 0 aliphatic heterocycles.